The summed E-state index contributed by atoms with van der Waals surface area (Å²) in [6.45, 7) is 5.99. The van der Waals surface area contributed by atoms with Gasteiger partial charge in [-0.1, -0.05) is 35.9 Å². The fraction of sp³-hybridized carbons (Fsp3) is 0.176. The van der Waals surface area contributed by atoms with Crippen LogP contribution in [-0.2, 0) is 0 Å². The zero-order chi connectivity index (χ0) is 14.7. The third-order valence-corrected chi connectivity index (χ3v) is 3.29. The minimum Gasteiger partial charge on any atom is -0.258 e. The van der Waals surface area contributed by atoms with Gasteiger partial charge in [0.05, 0.1) is 10.5 Å². The van der Waals surface area contributed by atoms with Crippen molar-refractivity contribution in [2.24, 2.45) is 0 Å². The first kappa shape index (κ1) is 14.0. The number of hydrogen-bond acceptors (Lipinski definition) is 2. The van der Waals surface area contributed by atoms with Crippen LogP contribution in [0.5, 0.6) is 0 Å². The second-order valence-corrected chi connectivity index (χ2v) is 4.97. The second-order valence-electron chi connectivity index (χ2n) is 4.97. The first-order valence-electron chi connectivity index (χ1n) is 6.48. The number of benzene rings is 2. The number of rotatable bonds is 3. The monoisotopic (exact) mass is 267 g/mol. The number of nitrogens with zero attached hydrogens (tertiary/aromatic N) is 1. The molecule has 0 saturated heterocycles. The van der Waals surface area contributed by atoms with Crippen LogP contribution in [0.3, 0.4) is 0 Å². The Balaban J connectivity index is 2.59. The van der Waals surface area contributed by atoms with Crippen molar-refractivity contribution in [1.29, 1.82) is 0 Å². The molecule has 2 aromatic rings. The predicted molar refractivity (Wildman–Crippen MR) is 82.0 cm³/mol. The Morgan fingerprint density at radius 3 is 2.10 bits per heavy atom. The number of hydrogen-bond donors (Lipinski definition) is 0. The van der Waals surface area contributed by atoms with Crippen LogP contribution in [0, 0.1) is 30.9 Å². The van der Waals surface area contributed by atoms with E-state index in [1.165, 1.54) is 5.56 Å². The molecule has 0 saturated carbocycles. The minimum absolute atomic E-state index is 0.126. The lowest BCUT2D eigenvalue weighted by Crippen LogP contribution is -1.99. The zero-order valence-corrected chi connectivity index (χ0v) is 11.9. The zero-order valence-electron chi connectivity index (χ0n) is 11.9. The van der Waals surface area contributed by atoms with E-state index >= 15 is 0 Å². The molecule has 0 fully saturated rings. The summed E-state index contributed by atoms with van der Waals surface area (Å²) in [5.41, 5.74) is 4.94. The van der Waals surface area contributed by atoms with E-state index in [4.69, 9.17) is 0 Å². The van der Waals surface area contributed by atoms with Crippen molar-refractivity contribution in [1.82, 2.24) is 0 Å². The van der Waals surface area contributed by atoms with Gasteiger partial charge >= 0.3 is 0 Å². The topological polar surface area (TPSA) is 43.1 Å². The van der Waals surface area contributed by atoms with Gasteiger partial charge in [0.15, 0.2) is 0 Å². The Morgan fingerprint density at radius 1 is 1.05 bits per heavy atom. The van der Waals surface area contributed by atoms with Gasteiger partial charge in [0.1, 0.15) is 0 Å². The molecule has 0 aliphatic carbocycles. The highest BCUT2D eigenvalue weighted by Crippen LogP contribution is 2.24. The molecule has 0 bridgehead atoms. The largest absolute Gasteiger partial charge is 0.277 e. The highest BCUT2D eigenvalue weighted by atomic mass is 16.6. The fourth-order valence-corrected chi connectivity index (χ4v) is 2.41. The van der Waals surface area contributed by atoms with Crippen LogP contribution in [0.1, 0.15) is 27.8 Å². The van der Waals surface area contributed by atoms with E-state index in [1.807, 2.05) is 51.1 Å². The molecule has 0 amide bonds. The standard InChI is InChI=1S/C17H17NO2/c1-12-9-13(2)16(14(3)10-12)11-17(18(19)20)15-7-5-4-6-8-15/h4-11H,1-3H3. The summed E-state index contributed by atoms with van der Waals surface area (Å²) in [5, 5.41) is 11.3. The lowest BCUT2D eigenvalue weighted by atomic mass is 9.98. The molecule has 0 aliphatic rings. The van der Waals surface area contributed by atoms with Crippen LogP contribution in [0.4, 0.5) is 0 Å². The maximum absolute atomic E-state index is 11.3. The van der Waals surface area contributed by atoms with E-state index in [0.29, 0.717) is 5.56 Å². The second kappa shape index (κ2) is 5.70. The molecule has 2 rings (SSSR count). The Labute approximate surface area is 118 Å². The quantitative estimate of drug-likeness (QED) is 0.470. The maximum atomic E-state index is 11.3. The van der Waals surface area contributed by atoms with E-state index < -0.39 is 0 Å². The Bertz CT molecular complexity index is 650. The number of aryl methyl sites for hydroxylation is 3. The Kier molecular flexibility index (Phi) is 3.99. The smallest absolute Gasteiger partial charge is 0.258 e. The molecule has 102 valence electrons. The van der Waals surface area contributed by atoms with Gasteiger partial charge in [-0.25, -0.2) is 0 Å². The van der Waals surface area contributed by atoms with Crippen molar-refractivity contribution in [2.75, 3.05) is 0 Å². The normalized spacial score (nSPS) is 11.4. The molecule has 0 unspecified atom stereocenters. The molecular formula is C17H17NO2. The van der Waals surface area contributed by atoms with Gasteiger partial charge in [0.25, 0.3) is 5.70 Å². The van der Waals surface area contributed by atoms with Crippen molar-refractivity contribution in [3.05, 3.63) is 80.4 Å². The molecule has 0 atom stereocenters. The van der Waals surface area contributed by atoms with Gasteiger partial charge in [-0.3, -0.25) is 10.1 Å². The maximum Gasteiger partial charge on any atom is 0.277 e. The van der Waals surface area contributed by atoms with Gasteiger partial charge in [0.2, 0.25) is 0 Å². The van der Waals surface area contributed by atoms with Crippen molar-refractivity contribution in [3.8, 4) is 0 Å². The summed E-state index contributed by atoms with van der Waals surface area (Å²) in [7, 11) is 0. The molecule has 2 aromatic carbocycles. The van der Waals surface area contributed by atoms with Crippen LogP contribution < -0.4 is 0 Å². The van der Waals surface area contributed by atoms with Crippen LogP contribution in [-0.4, -0.2) is 4.92 Å². The van der Waals surface area contributed by atoms with Crippen LogP contribution >= 0.6 is 0 Å². The van der Waals surface area contributed by atoms with Crippen molar-refractivity contribution >= 4 is 11.8 Å². The van der Waals surface area contributed by atoms with E-state index in [2.05, 4.69) is 0 Å². The molecular weight excluding hydrogens is 250 g/mol. The van der Waals surface area contributed by atoms with Gasteiger partial charge in [-0.2, -0.15) is 0 Å². The van der Waals surface area contributed by atoms with Gasteiger partial charge in [-0.15, -0.1) is 0 Å². The predicted octanol–water partition coefficient (Wildman–Crippen LogP) is 4.39. The first-order valence-corrected chi connectivity index (χ1v) is 6.48. The first-order chi connectivity index (χ1) is 9.49. The van der Waals surface area contributed by atoms with E-state index in [0.717, 1.165) is 16.7 Å². The minimum atomic E-state index is -0.325. The molecule has 3 heteroatoms. The third kappa shape index (κ3) is 2.94. The van der Waals surface area contributed by atoms with Crippen molar-refractivity contribution in [3.63, 3.8) is 0 Å². The Hall–Kier alpha value is -2.42. The SMILES string of the molecule is Cc1cc(C)c(C=C(c2ccccc2)[N+](=O)[O-])c(C)c1. The lowest BCUT2D eigenvalue weighted by Gasteiger charge is -2.07. The average molecular weight is 267 g/mol. The van der Waals surface area contributed by atoms with Crippen molar-refractivity contribution in [2.45, 2.75) is 20.8 Å². The summed E-state index contributed by atoms with van der Waals surface area (Å²) >= 11 is 0. The molecule has 0 N–H and O–H groups in total. The third-order valence-electron chi connectivity index (χ3n) is 3.29. The van der Waals surface area contributed by atoms with Crippen LogP contribution in [0.2, 0.25) is 0 Å². The van der Waals surface area contributed by atoms with Gasteiger partial charge in [-0.05, 0) is 49.6 Å². The molecule has 20 heavy (non-hydrogen) atoms. The highest BCUT2D eigenvalue weighted by molar-refractivity contribution is 5.78. The summed E-state index contributed by atoms with van der Waals surface area (Å²) in [5.74, 6) is 0. The average Bonchev–Trinajstić information content (AvgIpc) is 2.38. The fourth-order valence-electron chi connectivity index (χ4n) is 2.41. The van der Waals surface area contributed by atoms with Crippen LogP contribution in [0.15, 0.2) is 42.5 Å². The summed E-state index contributed by atoms with van der Waals surface area (Å²) in [6, 6.07) is 13.1. The van der Waals surface area contributed by atoms with Crippen molar-refractivity contribution < 1.29 is 4.92 Å². The van der Waals surface area contributed by atoms with Crippen LogP contribution in [0.25, 0.3) is 11.8 Å². The molecule has 0 heterocycles. The lowest BCUT2D eigenvalue weighted by molar-refractivity contribution is -0.374. The van der Waals surface area contributed by atoms with E-state index in [1.54, 1.807) is 18.2 Å². The number of nitro groups is 1. The molecule has 3 nitrogen and oxygen atoms in total. The summed E-state index contributed by atoms with van der Waals surface area (Å²) in [6.07, 6.45) is 1.67. The summed E-state index contributed by atoms with van der Waals surface area (Å²) < 4.78 is 0. The molecule has 0 spiro atoms. The van der Waals surface area contributed by atoms with E-state index in [9.17, 15) is 10.1 Å². The van der Waals surface area contributed by atoms with Gasteiger partial charge in [0, 0.05) is 6.08 Å². The summed E-state index contributed by atoms with van der Waals surface area (Å²) in [4.78, 5) is 11.0. The van der Waals surface area contributed by atoms with Gasteiger partial charge < -0.3 is 0 Å². The highest BCUT2D eigenvalue weighted by Gasteiger charge is 2.15. The molecule has 0 radical (unpaired) electrons. The Morgan fingerprint density at radius 2 is 1.60 bits per heavy atom. The molecule has 0 aliphatic heterocycles. The van der Waals surface area contributed by atoms with E-state index in [-0.39, 0.29) is 10.6 Å². The molecule has 0 aromatic heterocycles.